The van der Waals surface area contributed by atoms with E-state index in [1.807, 2.05) is 19.0 Å². The quantitative estimate of drug-likeness (QED) is 0.712. The zero-order chi connectivity index (χ0) is 16.5. The van der Waals surface area contributed by atoms with Crippen molar-refractivity contribution >= 4 is 11.8 Å². The molecule has 1 aromatic carbocycles. The first-order chi connectivity index (χ1) is 10.5. The number of hydrogen-bond acceptors (Lipinski definition) is 5. The molecule has 122 valence electrons. The maximum atomic E-state index is 12.1. The van der Waals surface area contributed by atoms with E-state index in [0.29, 0.717) is 23.6 Å². The van der Waals surface area contributed by atoms with Crippen molar-refractivity contribution in [1.29, 1.82) is 0 Å². The summed E-state index contributed by atoms with van der Waals surface area (Å²) in [4.78, 5) is 25.6. The zero-order valence-electron chi connectivity index (χ0n) is 13.4. The fourth-order valence-corrected chi connectivity index (χ4v) is 1.68. The SMILES string of the molecule is COc1cc(OC)cc(C(=O)NCC(=O)NCCN(C)C)c1. The molecule has 0 fully saturated rings. The van der Waals surface area contributed by atoms with Crippen LogP contribution in [0.1, 0.15) is 10.4 Å². The molecule has 0 aromatic heterocycles. The fourth-order valence-electron chi connectivity index (χ4n) is 1.68. The molecule has 0 aliphatic heterocycles. The Morgan fingerprint density at radius 3 is 2.14 bits per heavy atom. The summed E-state index contributed by atoms with van der Waals surface area (Å²) in [7, 11) is 6.86. The number of nitrogens with zero attached hydrogens (tertiary/aromatic N) is 1. The summed E-state index contributed by atoms with van der Waals surface area (Å²) in [6.45, 7) is 1.20. The third-order valence-electron chi connectivity index (χ3n) is 2.90. The summed E-state index contributed by atoms with van der Waals surface area (Å²) in [5.41, 5.74) is 0.372. The van der Waals surface area contributed by atoms with Crippen molar-refractivity contribution in [1.82, 2.24) is 15.5 Å². The van der Waals surface area contributed by atoms with E-state index in [4.69, 9.17) is 9.47 Å². The van der Waals surface area contributed by atoms with E-state index < -0.39 is 0 Å². The summed E-state index contributed by atoms with van der Waals surface area (Å²) in [5, 5.41) is 5.29. The van der Waals surface area contributed by atoms with Gasteiger partial charge in [0.2, 0.25) is 5.91 Å². The Labute approximate surface area is 130 Å². The summed E-state index contributed by atoms with van der Waals surface area (Å²) in [6, 6.07) is 4.84. The Kier molecular flexibility index (Phi) is 7.18. The number of amides is 2. The van der Waals surface area contributed by atoms with Crippen LogP contribution >= 0.6 is 0 Å². The number of rotatable bonds is 8. The molecule has 0 aliphatic carbocycles. The van der Waals surface area contributed by atoms with E-state index in [0.717, 1.165) is 6.54 Å². The van der Waals surface area contributed by atoms with Crippen molar-refractivity contribution in [2.24, 2.45) is 0 Å². The molecule has 7 heteroatoms. The monoisotopic (exact) mass is 309 g/mol. The van der Waals surface area contributed by atoms with Gasteiger partial charge in [0, 0.05) is 24.7 Å². The lowest BCUT2D eigenvalue weighted by Crippen LogP contribution is -2.39. The van der Waals surface area contributed by atoms with Crippen LogP contribution < -0.4 is 20.1 Å². The Balaban J connectivity index is 2.53. The Morgan fingerprint density at radius 1 is 1.05 bits per heavy atom. The number of nitrogens with one attached hydrogen (secondary N) is 2. The Morgan fingerprint density at radius 2 is 1.64 bits per heavy atom. The van der Waals surface area contributed by atoms with Gasteiger partial charge in [-0.2, -0.15) is 0 Å². The smallest absolute Gasteiger partial charge is 0.251 e. The lowest BCUT2D eigenvalue weighted by Gasteiger charge is -2.11. The van der Waals surface area contributed by atoms with Crippen LogP contribution in [0.3, 0.4) is 0 Å². The van der Waals surface area contributed by atoms with Crippen molar-refractivity contribution in [3.8, 4) is 11.5 Å². The van der Waals surface area contributed by atoms with Gasteiger partial charge >= 0.3 is 0 Å². The second-order valence-electron chi connectivity index (χ2n) is 4.94. The number of methoxy groups -OCH3 is 2. The number of likely N-dealkylation sites (N-methyl/N-ethyl adjacent to an activating group) is 1. The lowest BCUT2D eigenvalue weighted by atomic mass is 10.2. The highest BCUT2D eigenvalue weighted by molar-refractivity contribution is 5.97. The molecule has 0 atom stereocenters. The van der Waals surface area contributed by atoms with Gasteiger partial charge in [-0.3, -0.25) is 9.59 Å². The van der Waals surface area contributed by atoms with Gasteiger partial charge in [0.1, 0.15) is 11.5 Å². The van der Waals surface area contributed by atoms with E-state index in [9.17, 15) is 9.59 Å². The van der Waals surface area contributed by atoms with Crippen LogP contribution in [0.25, 0.3) is 0 Å². The molecule has 0 unspecified atom stereocenters. The first kappa shape index (κ1) is 17.8. The van der Waals surface area contributed by atoms with Gasteiger partial charge in [-0.25, -0.2) is 0 Å². The van der Waals surface area contributed by atoms with Crippen molar-refractivity contribution in [3.63, 3.8) is 0 Å². The molecular weight excluding hydrogens is 286 g/mol. The largest absolute Gasteiger partial charge is 0.497 e. The van der Waals surface area contributed by atoms with Crippen LogP contribution in [0.5, 0.6) is 11.5 Å². The molecule has 1 aromatic rings. The van der Waals surface area contributed by atoms with Gasteiger partial charge in [-0.1, -0.05) is 0 Å². The van der Waals surface area contributed by atoms with Gasteiger partial charge in [-0.05, 0) is 26.2 Å². The minimum Gasteiger partial charge on any atom is -0.497 e. The van der Waals surface area contributed by atoms with E-state index >= 15 is 0 Å². The van der Waals surface area contributed by atoms with Crippen molar-refractivity contribution in [3.05, 3.63) is 23.8 Å². The molecule has 22 heavy (non-hydrogen) atoms. The molecule has 0 saturated carbocycles. The molecule has 0 saturated heterocycles. The average molecular weight is 309 g/mol. The third kappa shape index (κ3) is 6.01. The number of ether oxygens (including phenoxy) is 2. The highest BCUT2D eigenvalue weighted by Crippen LogP contribution is 2.22. The van der Waals surface area contributed by atoms with Gasteiger partial charge < -0.3 is 25.0 Å². The predicted molar refractivity (Wildman–Crippen MR) is 83.4 cm³/mol. The minimum atomic E-state index is -0.361. The molecule has 0 heterocycles. The molecular formula is C15H23N3O4. The molecule has 0 aliphatic rings. The second-order valence-corrected chi connectivity index (χ2v) is 4.94. The van der Waals surface area contributed by atoms with Crippen molar-refractivity contribution in [2.45, 2.75) is 0 Å². The van der Waals surface area contributed by atoms with Crippen LogP contribution in [-0.4, -0.2) is 64.7 Å². The number of carbonyl (C=O) groups excluding carboxylic acids is 2. The molecule has 2 N–H and O–H groups in total. The first-order valence-corrected chi connectivity index (χ1v) is 6.89. The molecule has 2 amide bonds. The van der Waals surface area contributed by atoms with E-state index in [-0.39, 0.29) is 18.4 Å². The van der Waals surface area contributed by atoms with Crippen LogP contribution in [0, 0.1) is 0 Å². The standard InChI is InChI=1S/C15H23N3O4/c1-18(2)6-5-16-14(19)10-17-15(20)11-7-12(21-3)9-13(8-11)22-4/h7-9H,5-6,10H2,1-4H3,(H,16,19)(H,17,20). The summed E-state index contributed by atoms with van der Waals surface area (Å²) in [6.07, 6.45) is 0. The molecule has 0 radical (unpaired) electrons. The van der Waals surface area contributed by atoms with E-state index in [1.165, 1.54) is 14.2 Å². The topological polar surface area (TPSA) is 79.9 Å². The van der Waals surface area contributed by atoms with Crippen LogP contribution in [0.4, 0.5) is 0 Å². The Bertz CT molecular complexity index is 495. The maximum absolute atomic E-state index is 12.1. The zero-order valence-corrected chi connectivity index (χ0v) is 13.4. The fraction of sp³-hybridized carbons (Fsp3) is 0.467. The van der Waals surface area contributed by atoms with E-state index in [1.54, 1.807) is 18.2 Å². The number of benzene rings is 1. The minimum absolute atomic E-state index is 0.0776. The molecule has 0 bridgehead atoms. The molecule has 0 spiro atoms. The van der Waals surface area contributed by atoms with Crippen LogP contribution in [0.15, 0.2) is 18.2 Å². The Hall–Kier alpha value is -2.28. The van der Waals surface area contributed by atoms with Gasteiger partial charge in [0.05, 0.1) is 20.8 Å². The maximum Gasteiger partial charge on any atom is 0.251 e. The van der Waals surface area contributed by atoms with Crippen LogP contribution in [0.2, 0.25) is 0 Å². The highest BCUT2D eigenvalue weighted by atomic mass is 16.5. The van der Waals surface area contributed by atoms with E-state index in [2.05, 4.69) is 10.6 Å². The van der Waals surface area contributed by atoms with Gasteiger partial charge in [0.15, 0.2) is 0 Å². The summed E-state index contributed by atoms with van der Waals surface area (Å²) < 4.78 is 10.2. The first-order valence-electron chi connectivity index (χ1n) is 6.89. The van der Waals surface area contributed by atoms with Crippen LogP contribution in [-0.2, 0) is 4.79 Å². The number of carbonyl (C=O) groups is 2. The summed E-state index contributed by atoms with van der Waals surface area (Å²) >= 11 is 0. The predicted octanol–water partition coefficient (Wildman–Crippen LogP) is 0.111. The second kappa shape index (κ2) is 8.89. The number of hydrogen-bond donors (Lipinski definition) is 2. The summed E-state index contributed by atoms with van der Waals surface area (Å²) in [5.74, 6) is 0.435. The highest BCUT2D eigenvalue weighted by Gasteiger charge is 2.11. The molecule has 1 rings (SSSR count). The average Bonchev–Trinajstić information content (AvgIpc) is 2.51. The lowest BCUT2D eigenvalue weighted by molar-refractivity contribution is -0.120. The van der Waals surface area contributed by atoms with Gasteiger partial charge in [0.25, 0.3) is 5.91 Å². The van der Waals surface area contributed by atoms with Gasteiger partial charge in [-0.15, -0.1) is 0 Å². The normalized spacial score (nSPS) is 10.2. The van der Waals surface area contributed by atoms with Crippen molar-refractivity contribution in [2.75, 3.05) is 47.9 Å². The third-order valence-corrected chi connectivity index (χ3v) is 2.90. The molecule has 7 nitrogen and oxygen atoms in total. The van der Waals surface area contributed by atoms with Crippen molar-refractivity contribution < 1.29 is 19.1 Å².